The highest BCUT2D eigenvalue weighted by molar-refractivity contribution is 6.10. The molecule has 0 fully saturated rings. The zero-order valence-corrected chi connectivity index (χ0v) is 66.5. The molecular formula is C115H90N2. The average Bonchev–Trinajstić information content (AvgIpc) is 1.34. The number of rotatable bonds is 9. The first-order valence-corrected chi connectivity index (χ1v) is 40.5. The van der Waals surface area contributed by atoms with E-state index in [9.17, 15) is 21.9 Å². The van der Waals surface area contributed by atoms with Crippen molar-refractivity contribution in [1.29, 1.82) is 0 Å². The van der Waals surface area contributed by atoms with Crippen LogP contribution in [0.2, 0.25) is 0 Å². The van der Waals surface area contributed by atoms with Gasteiger partial charge in [-0.15, -0.1) is 6.42 Å². The molecule has 2 aromatic heterocycles. The van der Waals surface area contributed by atoms with E-state index in [1.54, 1.807) is 9.13 Å². The van der Waals surface area contributed by atoms with Crippen molar-refractivity contribution in [3.63, 3.8) is 0 Å². The van der Waals surface area contributed by atoms with Gasteiger partial charge in [0.25, 0.3) is 0 Å². The number of nitrogens with zero attached hydrogens (tertiary/aromatic N) is 2. The summed E-state index contributed by atoms with van der Waals surface area (Å²) in [5, 5.41) is -0.393. The number of hydrogen-bond acceptors (Lipinski definition) is 0. The van der Waals surface area contributed by atoms with Gasteiger partial charge in [0, 0.05) is 68.1 Å². The first-order chi connectivity index (χ1) is 63.5. The summed E-state index contributed by atoms with van der Waals surface area (Å²) in [6.07, 6.45) is 7.24. The highest BCUT2D eigenvalue weighted by Crippen LogP contribution is 2.62. The van der Waals surface area contributed by atoms with Crippen LogP contribution in [-0.4, -0.2) is 9.13 Å². The zero-order valence-electron chi connectivity index (χ0n) is 82.5. The third-order valence-electron chi connectivity index (χ3n) is 25.6. The molecule has 16 aromatic carbocycles. The molecule has 0 saturated heterocycles. The van der Waals surface area contributed by atoms with E-state index in [0.29, 0.717) is 22.4 Å². The van der Waals surface area contributed by atoms with Gasteiger partial charge in [0.15, 0.2) is 0 Å². The zero-order chi connectivity index (χ0) is 93.0. The Kier molecular flexibility index (Phi) is 12.4. The molecule has 2 heterocycles. The standard InChI is InChI=1S/C115H90N2/c1-11-69-47-48-74(106-86-42-22-21-37-81(86)95-59-73(49-54-87(95)106)70-31-15-12-16-32-70)60-92(69)108-98-61-75(107-88-56-51-76(113(2,3)4)62-96(88)97-63-77(114(5,6)7)52-57-89(97)107)50-55-90(98)109-91-58-53-79(116-102-43-27-23-38-82(102)83-39-24-28-44-103(83)116)66-99(91)111(101-68-80(67-100(108)112(101)109)117-104-45-29-25-40-84(104)85-41-26-30-46-105(85)117)110-93(71-33-17-13-18-34-71)64-78(115(8,9)10)65-94(110)72-35-19-14-20-36-72/h1,12-68,106-109,111H,2-10H3/i23D,24D,25D,26D,27D,28D,29D,30D,38D,39D,40D,41D,43D,44D,45D,46D. The van der Waals surface area contributed by atoms with Gasteiger partial charge in [0.05, 0.1) is 44.0 Å². The fourth-order valence-corrected chi connectivity index (χ4v) is 20.1. The molecule has 4 atom stereocenters. The molecule has 2 heteroatoms. The van der Waals surface area contributed by atoms with Gasteiger partial charge < -0.3 is 9.13 Å². The maximum Gasteiger partial charge on any atom is 0.0645 e. The van der Waals surface area contributed by atoms with Crippen molar-refractivity contribution in [2.24, 2.45) is 0 Å². The summed E-state index contributed by atoms with van der Waals surface area (Å²) in [5.41, 5.74) is 26.9. The molecule has 18 aromatic rings. The summed E-state index contributed by atoms with van der Waals surface area (Å²) >= 11 is 0. The van der Waals surface area contributed by atoms with Crippen molar-refractivity contribution in [1.82, 2.24) is 9.13 Å². The number of para-hydroxylation sites is 4. The van der Waals surface area contributed by atoms with Gasteiger partial charge in [-0.2, -0.15) is 0 Å². The van der Waals surface area contributed by atoms with E-state index in [4.69, 9.17) is 6.42 Å². The minimum absolute atomic E-state index is 0.0685. The van der Waals surface area contributed by atoms with Crippen LogP contribution in [-0.2, 0) is 16.2 Å². The van der Waals surface area contributed by atoms with Crippen molar-refractivity contribution >= 4 is 43.6 Å². The van der Waals surface area contributed by atoms with Gasteiger partial charge in [-0.1, -0.05) is 353 Å². The molecule has 4 aliphatic rings. The molecule has 0 radical (unpaired) electrons. The Morgan fingerprint density at radius 1 is 0.265 bits per heavy atom. The van der Waals surface area contributed by atoms with Crippen LogP contribution in [0, 0.1) is 12.3 Å². The quantitative estimate of drug-likeness (QED) is 0.128. The lowest BCUT2D eigenvalue weighted by Gasteiger charge is -2.44. The van der Waals surface area contributed by atoms with Gasteiger partial charge in [0.2, 0.25) is 0 Å². The molecular weight excluding hydrogens is 1410 g/mol. The molecule has 0 amide bonds. The Bertz CT molecular complexity index is 7960. The molecule has 4 aliphatic carbocycles. The van der Waals surface area contributed by atoms with Crippen molar-refractivity contribution < 1.29 is 21.9 Å². The van der Waals surface area contributed by atoms with Crippen LogP contribution in [0.5, 0.6) is 0 Å². The first kappa shape index (κ1) is 55.2. The molecule has 0 spiro atoms. The van der Waals surface area contributed by atoms with Crippen LogP contribution in [0.25, 0.3) is 111 Å². The van der Waals surface area contributed by atoms with Crippen LogP contribution in [0.4, 0.5) is 0 Å². The minimum atomic E-state index is -1.000. The lowest BCUT2D eigenvalue weighted by Crippen LogP contribution is -2.29. The lowest BCUT2D eigenvalue weighted by molar-refractivity contribution is 0.589. The Morgan fingerprint density at radius 2 is 0.650 bits per heavy atom. The van der Waals surface area contributed by atoms with E-state index in [1.807, 2.05) is 54.6 Å². The highest BCUT2D eigenvalue weighted by atomic mass is 15.0. The van der Waals surface area contributed by atoms with E-state index in [-0.39, 0.29) is 72.0 Å². The summed E-state index contributed by atoms with van der Waals surface area (Å²) < 4.78 is 159. The van der Waals surface area contributed by atoms with Gasteiger partial charge in [-0.3, -0.25) is 0 Å². The van der Waals surface area contributed by atoms with Crippen molar-refractivity contribution in [2.75, 3.05) is 0 Å². The predicted octanol–water partition coefficient (Wildman–Crippen LogP) is 29.2. The number of hydrogen-bond donors (Lipinski definition) is 0. The molecule has 2 nitrogen and oxygen atoms in total. The summed E-state index contributed by atoms with van der Waals surface area (Å²) in [6.45, 7) is 20.0. The second-order valence-corrected chi connectivity index (χ2v) is 35.3. The molecule has 4 unspecified atom stereocenters. The minimum Gasteiger partial charge on any atom is -0.309 e. The van der Waals surface area contributed by atoms with Crippen LogP contribution >= 0.6 is 0 Å². The molecule has 0 N–H and O–H groups in total. The molecule has 0 aliphatic heterocycles. The Morgan fingerprint density at radius 3 is 1.16 bits per heavy atom. The SMILES string of the molecule is [2H]c1c([2H])c([2H])c2c(c1[2H])c1c([2H])c([2H])c([2H])c([2H])c1n2-c1ccc2c(c1)C(c1c(-c3ccccc3)cc(C(C)(C)C)cc1-c1ccccc1)c1cc(-n3c4c([2H])c([2H])c([2H])c([2H])c4c4c([2H])c([2H])c([2H])c([2H])c43)cc3c1C2c1ccc(C2c4ccc(C(C)(C)C)cc4-c4cc(C(C)(C)C)ccc42)cc1C3c1cc(C2c3ccccc3-c3cc(-c4ccccc4)ccc32)ccc1C#C. The van der Waals surface area contributed by atoms with Gasteiger partial charge in [0.1, 0.15) is 0 Å². The topological polar surface area (TPSA) is 9.86 Å². The van der Waals surface area contributed by atoms with E-state index >= 15 is 0 Å². The highest BCUT2D eigenvalue weighted by Gasteiger charge is 2.47. The van der Waals surface area contributed by atoms with Crippen LogP contribution in [0.15, 0.2) is 345 Å². The van der Waals surface area contributed by atoms with Crippen molar-refractivity contribution in [2.45, 2.75) is 108 Å². The van der Waals surface area contributed by atoms with Gasteiger partial charge in [-0.25, -0.2) is 0 Å². The maximum atomic E-state index is 10.4. The Hall–Kier alpha value is -13.3. The van der Waals surface area contributed by atoms with E-state index in [1.165, 1.54) is 11.1 Å². The third-order valence-corrected chi connectivity index (χ3v) is 25.6. The normalized spacial score (nSPS) is 17.8. The van der Waals surface area contributed by atoms with Crippen molar-refractivity contribution in [3.05, 3.63) is 451 Å². The number of benzene rings is 16. The average molecular weight is 1520 g/mol. The van der Waals surface area contributed by atoms with Gasteiger partial charge in [-0.05, 0) is 233 Å². The van der Waals surface area contributed by atoms with Gasteiger partial charge >= 0.3 is 0 Å². The monoisotopic (exact) mass is 1510 g/mol. The van der Waals surface area contributed by atoms with E-state index in [0.717, 1.165) is 134 Å². The summed E-state index contributed by atoms with van der Waals surface area (Å²) in [4.78, 5) is 0. The fourth-order valence-electron chi connectivity index (χ4n) is 20.1. The summed E-state index contributed by atoms with van der Waals surface area (Å²) in [6, 6.07) is 79.7. The molecule has 117 heavy (non-hydrogen) atoms. The second-order valence-electron chi connectivity index (χ2n) is 35.3. The molecule has 22 rings (SSSR count). The van der Waals surface area contributed by atoms with Crippen LogP contribution in [0.1, 0.15) is 220 Å². The van der Waals surface area contributed by atoms with E-state index < -0.39 is 120 Å². The van der Waals surface area contributed by atoms with Crippen molar-refractivity contribution in [3.8, 4) is 79.4 Å². The third kappa shape index (κ3) is 11.0. The lowest BCUT2D eigenvalue weighted by atomic mass is 9.59. The van der Waals surface area contributed by atoms with Crippen LogP contribution < -0.4 is 0 Å². The smallest absolute Gasteiger partial charge is 0.0645 e. The Balaban J connectivity index is 0.945. The second kappa shape index (κ2) is 26.4. The Labute approximate surface area is 709 Å². The number of aromatic nitrogens is 2. The van der Waals surface area contributed by atoms with E-state index in [2.05, 4.69) is 262 Å². The number of fused-ring (bicyclic) bond motifs is 16. The molecule has 0 bridgehead atoms. The summed E-state index contributed by atoms with van der Waals surface area (Å²) in [5.74, 6) is 0.0117. The first-order valence-electron chi connectivity index (χ1n) is 48.5. The largest absolute Gasteiger partial charge is 0.309 e. The molecule has 560 valence electrons. The molecule has 0 saturated carbocycles. The number of terminal acetylenes is 1. The maximum absolute atomic E-state index is 10.4. The fraction of sp³-hybridized carbons (Fsp3) is 0.148. The summed E-state index contributed by atoms with van der Waals surface area (Å²) in [7, 11) is 0. The predicted molar refractivity (Wildman–Crippen MR) is 490 cm³/mol. The van der Waals surface area contributed by atoms with Crippen LogP contribution in [0.3, 0.4) is 0 Å².